The van der Waals surface area contributed by atoms with Gasteiger partial charge in [0.2, 0.25) is 5.91 Å². The fourth-order valence-corrected chi connectivity index (χ4v) is 2.15. The number of amides is 2. The van der Waals surface area contributed by atoms with Crippen LogP contribution in [0.3, 0.4) is 0 Å². The summed E-state index contributed by atoms with van der Waals surface area (Å²) in [5.74, 6) is -0.350. The number of hydrogen-bond acceptors (Lipinski definition) is 4. The summed E-state index contributed by atoms with van der Waals surface area (Å²) in [7, 11) is 0. The van der Waals surface area contributed by atoms with Gasteiger partial charge in [-0.3, -0.25) is 9.59 Å². The molecule has 1 unspecified atom stereocenters. The highest BCUT2D eigenvalue weighted by atomic mass is 16.3. The van der Waals surface area contributed by atoms with Crippen LogP contribution in [-0.2, 0) is 4.79 Å². The number of carbonyl (C=O) groups excluding carboxylic acids is 2. The highest BCUT2D eigenvalue weighted by Gasteiger charge is 2.46. The molecule has 1 aromatic rings. The smallest absolute Gasteiger partial charge is 0.287 e. The Kier molecular flexibility index (Phi) is 3.85. The molecule has 0 aliphatic carbocycles. The van der Waals surface area contributed by atoms with Crippen molar-refractivity contribution < 1.29 is 19.1 Å². The van der Waals surface area contributed by atoms with E-state index in [-0.39, 0.29) is 17.6 Å². The Labute approximate surface area is 117 Å². The standard InChI is InChI=1S/C14H20N2O4/c1-9(2)14(19)7-16(8-14)13(18)10(3)15-12(17)11-5-4-6-20-11/h4-6,9-10,19H,7-8H2,1-3H3,(H,15,17). The van der Waals surface area contributed by atoms with Gasteiger partial charge in [0.1, 0.15) is 11.6 Å². The third-order valence-electron chi connectivity index (χ3n) is 3.78. The van der Waals surface area contributed by atoms with Gasteiger partial charge in [-0.15, -0.1) is 0 Å². The first-order chi connectivity index (χ1) is 9.33. The van der Waals surface area contributed by atoms with E-state index >= 15 is 0 Å². The number of β-amino-alcohol motifs (C(OH)–C–C–N with tert-alkyl or cyclic N) is 1. The first kappa shape index (κ1) is 14.6. The molecule has 1 atom stereocenters. The molecule has 1 aliphatic heterocycles. The topological polar surface area (TPSA) is 82.8 Å². The summed E-state index contributed by atoms with van der Waals surface area (Å²) in [4.78, 5) is 25.4. The highest BCUT2D eigenvalue weighted by Crippen LogP contribution is 2.28. The maximum atomic E-state index is 12.1. The summed E-state index contributed by atoms with van der Waals surface area (Å²) in [5.41, 5.74) is -0.805. The molecule has 1 saturated heterocycles. The molecule has 2 N–H and O–H groups in total. The zero-order valence-electron chi connectivity index (χ0n) is 11.9. The van der Waals surface area contributed by atoms with Crippen LogP contribution >= 0.6 is 0 Å². The lowest BCUT2D eigenvalue weighted by Crippen LogP contribution is -2.68. The second-order valence-corrected chi connectivity index (χ2v) is 5.63. The zero-order valence-corrected chi connectivity index (χ0v) is 11.9. The number of hydrogen-bond donors (Lipinski definition) is 2. The van der Waals surface area contributed by atoms with Crippen LogP contribution in [0.15, 0.2) is 22.8 Å². The van der Waals surface area contributed by atoms with E-state index < -0.39 is 17.6 Å². The normalized spacial score (nSPS) is 18.6. The lowest BCUT2D eigenvalue weighted by Gasteiger charge is -2.49. The lowest BCUT2D eigenvalue weighted by molar-refractivity contribution is -0.165. The minimum absolute atomic E-state index is 0.0968. The summed E-state index contributed by atoms with van der Waals surface area (Å²) >= 11 is 0. The molecule has 2 rings (SSSR count). The molecule has 0 spiro atoms. The summed E-state index contributed by atoms with van der Waals surface area (Å²) in [5, 5.41) is 12.7. The van der Waals surface area contributed by atoms with Crippen LogP contribution in [0.5, 0.6) is 0 Å². The van der Waals surface area contributed by atoms with Crippen molar-refractivity contribution in [3.05, 3.63) is 24.2 Å². The van der Waals surface area contributed by atoms with Crippen LogP contribution in [-0.4, -0.2) is 46.6 Å². The van der Waals surface area contributed by atoms with E-state index in [9.17, 15) is 14.7 Å². The van der Waals surface area contributed by atoms with Gasteiger partial charge in [-0.25, -0.2) is 0 Å². The Morgan fingerprint density at radius 3 is 2.55 bits per heavy atom. The van der Waals surface area contributed by atoms with Crippen LogP contribution < -0.4 is 5.32 Å². The monoisotopic (exact) mass is 280 g/mol. The van der Waals surface area contributed by atoms with Gasteiger partial charge in [-0.2, -0.15) is 0 Å². The molecule has 6 nitrogen and oxygen atoms in total. The molecule has 20 heavy (non-hydrogen) atoms. The molecule has 1 fully saturated rings. The van der Waals surface area contributed by atoms with Crippen LogP contribution in [0.1, 0.15) is 31.3 Å². The minimum atomic E-state index is -0.805. The highest BCUT2D eigenvalue weighted by molar-refractivity contribution is 5.95. The molecule has 110 valence electrons. The van der Waals surface area contributed by atoms with Crippen molar-refractivity contribution in [2.75, 3.05) is 13.1 Å². The van der Waals surface area contributed by atoms with Crippen molar-refractivity contribution in [2.24, 2.45) is 5.92 Å². The molecular weight excluding hydrogens is 260 g/mol. The molecular formula is C14H20N2O4. The molecule has 0 radical (unpaired) electrons. The molecule has 0 bridgehead atoms. The predicted molar refractivity (Wildman–Crippen MR) is 72.0 cm³/mol. The Bertz CT molecular complexity index is 489. The molecule has 1 aliphatic rings. The van der Waals surface area contributed by atoms with Gasteiger partial charge in [0.25, 0.3) is 5.91 Å². The van der Waals surface area contributed by atoms with Crippen molar-refractivity contribution in [1.82, 2.24) is 10.2 Å². The van der Waals surface area contributed by atoms with Gasteiger partial charge in [-0.1, -0.05) is 13.8 Å². The van der Waals surface area contributed by atoms with Gasteiger partial charge in [-0.05, 0) is 25.0 Å². The third-order valence-corrected chi connectivity index (χ3v) is 3.78. The maximum Gasteiger partial charge on any atom is 0.287 e. The van der Waals surface area contributed by atoms with E-state index in [0.29, 0.717) is 13.1 Å². The van der Waals surface area contributed by atoms with Crippen LogP contribution in [0.25, 0.3) is 0 Å². The first-order valence-corrected chi connectivity index (χ1v) is 6.69. The Morgan fingerprint density at radius 1 is 1.40 bits per heavy atom. The van der Waals surface area contributed by atoms with Crippen molar-refractivity contribution >= 4 is 11.8 Å². The fourth-order valence-electron chi connectivity index (χ4n) is 2.15. The quantitative estimate of drug-likeness (QED) is 0.847. The van der Waals surface area contributed by atoms with Gasteiger partial charge in [0.05, 0.1) is 19.4 Å². The number of carbonyl (C=O) groups is 2. The van der Waals surface area contributed by atoms with Crippen LogP contribution in [0, 0.1) is 5.92 Å². The largest absolute Gasteiger partial charge is 0.459 e. The number of aliphatic hydroxyl groups is 1. The summed E-state index contributed by atoms with van der Waals surface area (Å²) < 4.78 is 4.96. The molecule has 6 heteroatoms. The first-order valence-electron chi connectivity index (χ1n) is 6.69. The van der Waals surface area contributed by atoms with Gasteiger partial charge < -0.3 is 19.7 Å². The maximum absolute atomic E-state index is 12.1. The van der Waals surface area contributed by atoms with Crippen LogP contribution in [0.2, 0.25) is 0 Å². The summed E-state index contributed by atoms with van der Waals surface area (Å²) in [6.07, 6.45) is 1.40. The molecule has 0 aromatic carbocycles. The molecule has 0 saturated carbocycles. The minimum Gasteiger partial charge on any atom is -0.459 e. The van der Waals surface area contributed by atoms with E-state index in [1.807, 2.05) is 13.8 Å². The van der Waals surface area contributed by atoms with E-state index in [1.54, 1.807) is 17.9 Å². The Hall–Kier alpha value is -1.82. The number of nitrogens with zero attached hydrogens (tertiary/aromatic N) is 1. The summed E-state index contributed by atoms with van der Waals surface area (Å²) in [6, 6.07) is 2.50. The molecule has 2 amide bonds. The fraction of sp³-hybridized carbons (Fsp3) is 0.571. The Morgan fingerprint density at radius 2 is 2.05 bits per heavy atom. The van der Waals surface area contributed by atoms with E-state index in [0.717, 1.165) is 0 Å². The van der Waals surface area contributed by atoms with E-state index in [1.165, 1.54) is 12.3 Å². The third kappa shape index (κ3) is 2.70. The molecule has 2 heterocycles. The number of furan rings is 1. The number of nitrogens with one attached hydrogen (secondary N) is 1. The van der Waals surface area contributed by atoms with Crippen molar-refractivity contribution in [2.45, 2.75) is 32.4 Å². The second kappa shape index (κ2) is 5.28. The number of likely N-dealkylation sites (tertiary alicyclic amines) is 1. The van der Waals surface area contributed by atoms with E-state index in [2.05, 4.69) is 5.32 Å². The van der Waals surface area contributed by atoms with Crippen molar-refractivity contribution in [3.8, 4) is 0 Å². The van der Waals surface area contributed by atoms with Crippen molar-refractivity contribution in [3.63, 3.8) is 0 Å². The van der Waals surface area contributed by atoms with E-state index in [4.69, 9.17) is 4.42 Å². The SMILES string of the molecule is CC(NC(=O)c1ccco1)C(=O)N1CC(O)(C(C)C)C1. The van der Waals surface area contributed by atoms with Gasteiger partial charge >= 0.3 is 0 Å². The van der Waals surface area contributed by atoms with Crippen LogP contribution in [0.4, 0.5) is 0 Å². The summed E-state index contributed by atoms with van der Waals surface area (Å²) in [6.45, 7) is 6.08. The predicted octanol–water partition coefficient (Wildman–Crippen LogP) is 0.627. The molecule has 1 aromatic heterocycles. The van der Waals surface area contributed by atoms with Crippen molar-refractivity contribution in [1.29, 1.82) is 0 Å². The van der Waals surface area contributed by atoms with Gasteiger partial charge in [0, 0.05) is 0 Å². The second-order valence-electron chi connectivity index (χ2n) is 5.63. The Balaban J connectivity index is 1.87. The average Bonchev–Trinajstić information content (AvgIpc) is 2.87. The number of rotatable bonds is 4. The van der Waals surface area contributed by atoms with Gasteiger partial charge in [0.15, 0.2) is 5.76 Å². The average molecular weight is 280 g/mol. The zero-order chi connectivity index (χ0) is 14.9. The lowest BCUT2D eigenvalue weighted by atomic mass is 9.82.